The number of hydrogen-bond donors (Lipinski definition) is 0. The van der Waals surface area contributed by atoms with Crippen molar-refractivity contribution < 1.29 is 27.7 Å². The zero-order chi connectivity index (χ0) is 18.7. The summed E-state index contributed by atoms with van der Waals surface area (Å²) in [6.45, 7) is 0. The molecule has 3 rings (SSSR count). The first-order valence-corrected chi connectivity index (χ1v) is 8.47. The minimum atomic E-state index is -0.594. The maximum Gasteiger partial charge on any atom is 0.203 e. The van der Waals surface area contributed by atoms with E-state index in [1.807, 2.05) is 12.1 Å². The molecule has 0 saturated carbocycles. The number of halogens is 2. The average molecular weight is 364 g/mol. The molecule has 0 amide bonds. The predicted octanol–water partition coefficient (Wildman–Crippen LogP) is 4.97. The summed E-state index contributed by atoms with van der Waals surface area (Å²) < 4.78 is 49.6. The van der Waals surface area contributed by atoms with Gasteiger partial charge in [0.1, 0.15) is 11.6 Å². The first kappa shape index (κ1) is 18.5. The van der Waals surface area contributed by atoms with Crippen LogP contribution in [0.3, 0.4) is 0 Å². The summed E-state index contributed by atoms with van der Waals surface area (Å²) >= 11 is 0. The van der Waals surface area contributed by atoms with Crippen LogP contribution in [0, 0.1) is 11.6 Å². The van der Waals surface area contributed by atoms with Gasteiger partial charge in [-0.2, -0.15) is 0 Å². The number of rotatable bonds is 5. The summed E-state index contributed by atoms with van der Waals surface area (Å²) in [6, 6.07) is 7.28. The van der Waals surface area contributed by atoms with Gasteiger partial charge in [0.2, 0.25) is 5.75 Å². The van der Waals surface area contributed by atoms with E-state index in [-0.39, 0.29) is 6.10 Å². The molecule has 0 aromatic heterocycles. The van der Waals surface area contributed by atoms with Crippen molar-refractivity contribution in [2.24, 2.45) is 0 Å². The fraction of sp³-hybridized carbons (Fsp3) is 0.400. The summed E-state index contributed by atoms with van der Waals surface area (Å²) in [4.78, 5) is 0. The molecule has 26 heavy (non-hydrogen) atoms. The van der Waals surface area contributed by atoms with Crippen molar-refractivity contribution in [3.8, 4) is 17.2 Å². The SMILES string of the molecule is COc1cc([C@H]2CCC[C@@H](c3ccc(F)cc3F)O2)cc(OC)c1OC. The fourth-order valence-electron chi connectivity index (χ4n) is 3.35. The Balaban J connectivity index is 1.90. The van der Waals surface area contributed by atoms with Crippen LogP contribution in [0.1, 0.15) is 42.6 Å². The molecule has 1 fully saturated rings. The first-order chi connectivity index (χ1) is 12.6. The fourth-order valence-corrected chi connectivity index (χ4v) is 3.35. The lowest BCUT2D eigenvalue weighted by Gasteiger charge is -2.31. The van der Waals surface area contributed by atoms with Gasteiger partial charge in [0.25, 0.3) is 0 Å². The summed E-state index contributed by atoms with van der Waals surface area (Å²) in [5.74, 6) is 0.417. The molecule has 4 nitrogen and oxygen atoms in total. The minimum absolute atomic E-state index is 0.244. The molecule has 1 aliphatic rings. The number of ether oxygens (including phenoxy) is 4. The van der Waals surface area contributed by atoms with E-state index in [1.165, 1.54) is 12.1 Å². The molecule has 2 atom stereocenters. The van der Waals surface area contributed by atoms with E-state index in [2.05, 4.69) is 0 Å². The van der Waals surface area contributed by atoms with Gasteiger partial charge in [-0.3, -0.25) is 0 Å². The Morgan fingerprint density at radius 1 is 0.885 bits per heavy atom. The molecule has 0 aliphatic carbocycles. The molecule has 0 radical (unpaired) electrons. The van der Waals surface area contributed by atoms with Crippen LogP contribution in [-0.4, -0.2) is 21.3 Å². The van der Waals surface area contributed by atoms with E-state index in [4.69, 9.17) is 18.9 Å². The zero-order valence-electron chi connectivity index (χ0n) is 15.1. The van der Waals surface area contributed by atoms with E-state index in [9.17, 15) is 8.78 Å². The smallest absolute Gasteiger partial charge is 0.203 e. The lowest BCUT2D eigenvalue weighted by Crippen LogP contribution is -2.17. The summed E-state index contributed by atoms with van der Waals surface area (Å²) in [7, 11) is 4.66. The number of hydrogen-bond acceptors (Lipinski definition) is 4. The molecule has 0 bridgehead atoms. The standard InChI is InChI=1S/C20H22F2O4/c1-23-18-9-12(10-19(24-2)20(18)25-3)16-5-4-6-17(26-16)14-8-7-13(21)11-15(14)22/h7-11,16-17H,4-6H2,1-3H3/t16-,17+/m1/s1. The molecule has 140 valence electrons. The van der Waals surface area contributed by atoms with Crippen LogP contribution >= 0.6 is 0 Å². The first-order valence-electron chi connectivity index (χ1n) is 8.47. The molecular formula is C20H22F2O4. The highest BCUT2D eigenvalue weighted by molar-refractivity contribution is 5.54. The van der Waals surface area contributed by atoms with E-state index in [0.29, 0.717) is 29.2 Å². The van der Waals surface area contributed by atoms with Gasteiger partial charge in [0.15, 0.2) is 11.5 Å². The van der Waals surface area contributed by atoms with Gasteiger partial charge in [-0.1, -0.05) is 6.07 Å². The van der Waals surface area contributed by atoms with Crippen LogP contribution < -0.4 is 14.2 Å². The van der Waals surface area contributed by atoms with E-state index < -0.39 is 17.7 Å². The van der Waals surface area contributed by atoms with Crippen molar-refractivity contribution in [2.75, 3.05) is 21.3 Å². The van der Waals surface area contributed by atoms with Crippen molar-refractivity contribution in [2.45, 2.75) is 31.5 Å². The van der Waals surface area contributed by atoms with Crippen molar-refractivity contribution in [1.29, 1.82) is 0 Å². The molecule has 0 unspecified atom stereocenters. The Morgan fingerprint density at radius 2 is 1.54 bits per heavy atom. The van der Waals surface area contributed by atoms with Gasteiger partial charge in [0.05, 0.1) is 33.5 Å². The van der Waals surface area contributed by atoms with Gasteiger partial charge >= 0.3 is 0 Å². The molecule has 0 N–H and O–H groups in total. The second-order valence-electron chi connectivity index (χ2n) is 6.17. The van der Waals surface area contributed by atoms with Gasteiger partial charge < -0.3 is 18.9 Å². The van der Waals surface area contributed by atoms with E-state index in [1.54, 1.807) is 21.3 Å². The average Bonchev–Trinajstić information content (AvgIpc) is 2.66. The Kier molecular flexibility index (Phi) is 5.61. The predicted molar refractivity (Wildman–Crippen MR) is 92.9 cm³/mol. The van der Waals surface area contributed by atoms with E-state index in [0.717, 1.165) is 24.5 Å². The molecule has 0 spiro atoms. The molecule has 6 heteroatoms. The third-order valence-electron chi connectivity index (χ3n) is 4.63. The maximum atomic E-state index is 14.1. The Labute approximate surface area is 151 Å². The highest BCUT2D eigenvalue weighted by atomic mass is 19.1. The van der Waals surface area contributed by atoms with Crippen molar-refractivity contribution in [3.63, 3.8) is 0 Å². The minimum Gasteiger partial charge on any atom is -0.493 e. The van der Waals surface area contributed by atoms with Gasteiger partial charge in [0, 0.05) is 11.6 Å². The Bertz CT molecular complexity index is 753. The topological polar surface area (TPSA) is 36.9 Å². The lowest BCUT2D eigenvalue weighted by atomic mass is 9.94. The van der Waals surface area contributed by atoms with Gasteiger partial charge in [-0.05, 0) is 43.0 Å². The molecule has 1 aliphatic heterocycles. The molecule has 2 aromatic carbocycles. The highest BCUT2D eigenvalue weighted by Gasteiger charge is 2.28. The Hall–Kier alpha value is -2.34. The summed E-state index contributed by atoms with van der Waals surface area (Å²) in [5.41, 5.74) is 1.25. The largest absolute Gasteiger partial charge is 0.493 e. The third kappa shape index (κ3) is 3.60. The number of benzene rings is 2. The molecule has 1 saturated heterocycles. The van der Waals surface area contributed by atoms with Crippen LogP contribution in [-0.2, 0) is 4.74 Å². The van der Waals surface area contributed by atoms with Crippen molar-refractivity contribution >= 4 is 0 Å². The van der Waals surface area contributed by atoms with Crippen LogP contribution in [0.25, 0.3) is 0 Å². The summed E-state index contributed by atoms with van der Waals surface area (Å²) in [6.07, 6.45) is 1.67. The summed E-state index contributed by atoms with van der Waals surface area (Å²) in [5, 5.41) is 0. The van der Waals surface area contributed by atoms with Crippen molar-refractivity contribution in [1.82, 2.24) is 0 Å². The van der Waals surface area contributed by atoms with Crippen LogP contribution in [0.4, 0.5) is 8.78 Å². The lowest BCUT2D eigenvalue weighted by molar-refractivity contribution is -0.0551. The van der Waals surface area contributed by atoms with Crippen LogP contribution in [0.2, 0.25) is 0 Å². The number of methoxy groups -OCH3 is 3. The van der Waals surface area contributed by atoms with Gasteiger partial charge in [-0.25, -0.2) is 8.78 Å². The second kappa shape index (κ2) is 7.91. The monoisotopic (exact) mass is 364 g/mol. The highest BCUT2D eigenvalue weighted by Crippen LogP contribution is 2.44. The molecule has 1 heterocycles. The second-order valence-corrected chi connectivity index (χ2v) is 6.17. The van der Waals surface area contributed by atoms with Crippen LogP contribution in [0.5, 0.6) is 17.2 Å². The third-order valence-corrected chi connectivity index (χ3v) is 4.63. The maximum absolute atomic E-state index is 14.1. The molecular weight excluding hydrogens is 342 g/mol. The van der Waals surface area contributed by atoms with Crippen molar-refractivity contribution in [3.05, 3.63) is 53.1 Å². The quantitative estimate of drug-likeness (QED) is 0.750. The molecule has 2 aromatic rings. The Morgan fingerprint density at radius 3 is 2.12 bits per heavy atom. The van der Waals surface area contributed by atoms with Gasteiger partial charge in [-0.15, -0.1) is 0 Å². The normalized spacial score (nSPS) is 19.9. The zero-order valence-corrected chi connectivity index (χ0v) is 15.1. The van der Waals surface area contributed by atoms with E-state index >= 15 is 0 Å². The van der Waals surface area contributed by atoms with Crippen LogP contribution in [0.15, 0.2) is 30.3 Å².